The van der Waals surface area contributed by atoms with E-state index in [4.69, 9.17) is 5.73 Å². The van der Waals surface area contributed by atoms with Gasteiger partial charge in [-0.25, -0.2) is 15.0 Å². The van der Waals surface area contributed by atoms with Crippen molar-refractivity contribution in [1.82, 2.24) is 10.3 Å². The van der Waals surface area contributed by atoms with Gasteiger partial charge in [-0.05, 0) is 44.5 Å². The molecule has 1 aliphatic carbocycles. The van der Waals surface area contributed by atoms with E-state index in [9.17, 15) is 4.79 Å². The third-order valence-corrected chi connectivity index (χ3v) is 3.38. The van der Waals surface area contributed by atoms with Crippen LogP contribution in [0, 0.1) is 0 Å². The lowest BCUT2D eigenvalue weighted by atomic mass is 9.99. The molecule has 0 aromatic carbocycles. The lowest BCUT2D eigenvalue weighted by Crippen LogP contribution is -2.40. The summed E-state index contributed by atoms with van der Waals surface area (Å²) in [6.45, 7) is 1.68. The smallest absolute Gasteiger partial charge is 0.247 e. The Morgan fingerprint density at radius 3 is 2.83 bits per heavy atom. The third-order valence-electron chi connectivity index (χ3n) is 3.38. The Kier molecular flexibility index (Phi) is 6.39. The van der Waals surface area contributed by atoms with Crippen molar-refractivity contribution in [2.45, 2.75) is 25.8 Å². The van der Waals surface area contributed by atoms with Gasteiger partial charge in [-0.1, -0.05) is 18.2 Å². The minimum atomic E-state index is -0.400. The molecule has 1 unspecified atom stereocenters. The van der Waals surface area contributed by atoms with E-state index in [0.29, 0.717) is 17.3 Å². The average Bonchev–Trinajstić information content (AvgIpc) is 2.58. The summed E-state index contributed by atoms with van der Waals surface area (Å²) >= 11 is 0. The number of amidine groups is 1. The maximum atomic E-state index is 12.4. The van der Waals surface area contributed by atoms with Crippen molar-refractivity contribution in [2.75, 3.05) is 12.4 Å². The molecule has 24 heavy (non-hydrogen) atoms. The molecule has 1 amide bonds. The van der Waals surface area contributed by atoms with Gasteiger partial charge >= 0.3 is 0 Å². The number of carbonyl (C=O) groups excluding carboxylic acids is 1. The molecule has 1 aliphatic rings. The van der Waals surface area contributed by atoms with Crippen molar-refractivity contribution in [3.63, 3.8) is 0 Å². The van der Waals surface area contributed by atoms with Crippen LogP contribution in [0.25, 0.3) is 0 Å². The summed E-state index contributed by atoms with van der Waals surface area (Å²) in [4.78, 5) is 24.6. The molecule has 0 aliphatic heterocycles. The molecule has 126 valence electrons. The number of hydrogen-bond acceptors (Lipinski definition) is 4. The zero-order valence-electron chi connectivity index (χ0n) is 13.9. The van der Waals surface area contributed by atoms with Gasteiger partial charge in [0.25, 0.3) is 0 Å². The number of carbonyl (C=O) groups is 1. The second kappa shape index (κ2) is 8.73. The first kappa shape index (κ1) is 17.6. The number of likely N-dealkylation sites (N-methyl/N-ethyl adjacent to an activating group) is 1. The molecular weight excluding hydrogens is 304 g/mol. The zero-order chi connectivity index (χ0) is 17.4. The summed E-state index contributed by atoms with van der Waals surface area (Å²) < 4.78 is 0. The summed E-state index contributed by atoms with van der Waals surface area (Å²) in [7, 11) is 1.76. The zero-order valence-corrected chi connectivity index (χ0v) is 13.9. The number of anilines is 1. The number of rotatable bonds is 6. The first-order chi connectivity index (χ1) is 11.6. The number of nitrogens with one attached hydrogen (secondary N) is 2. The number of amides is 1. The minimum Gasteiger partial charge on any atom is -0.387 e. The Hall–Kier alpha value is -2.80. The minimum absolute atomic E-state index is 0.151. The Morgan fingerprint density at radius 2 is 2.25 bits per heavy atom. The molecule has 0 radical (unpaired) electrons. The second-order valence-corrected chi connectivity index (χ2v) is 5.31. The fourth-order valence-corrected chi connectivity index (χ4v) is 2.22. The van der Waals surface area contributed by atoms with Gasteiger partial charge in [0.2, 0.25) is 5.91 Å². The largest absolute Gasteiger partial charge is 0.387 e. The number of allylic oxidation sites excluding steroid dienone is 2. The number of pyridine rings is 1. The van der Waals surface area contributed by atoms with Crippen molar-refractivity contribution in [1.29, 1.82) is 0 Å². The molecule has 1 aromatic heterocycles. The molecule has 4 N–H and O–H groups in total. The maximum Gasteiger partial charge on any atom is 0.247 e. The first-order valence-corrected chi connectivity index (χ1v) is 7.73. The van der Waals surface area contributed by atoms with Crippen LogP contribution >= 0.6 is 0 Å². The van der Waals surface area contributed by atoms with Crippen LogP contribution in [0.5, 0.6) is 0 Å². The van der Waals surface area contributed by atoms with E-state index in [1.165, 1.54) is 6.34 Å². The van der Waals surface area contributed by atoms with Gasteiger partial charge in [0.1, 0.15) is 18.2 Å². The van der Waals surface area contributed by atoms with E-state index in [2.05, 4.69) is 37.8 Å². The van der Waals surface area contributed by atoms with Gasteiger partial charge in [-0.15, -0.1) is 0 Å². The van der Waals surface area contributed by atoms with E-state index in [1.54, 1.807) is 32.3 Å². The van der Waals surface area contributed by atoms with Gasteiger partial charge in [0, 0.05) is 0 Å². The summed E-state index contributed by atoms with van der Waals surface area (Å²) in [5.41, 5.74) is 7.01. The number of nitrogens with two attached hydrogens (primary N) is 1. The van der Waals surface area contributed by atoms with E-state index < -0.39 is 6.04 Å². The maximum absolute atomic E-state index is 12.4. The van der Waals surface area contributed by atoms with Gasteiger partial charge in [0.05, 0.1) is 17.7 Å². The molecule has 1 heterocycles. The fraction of sp³-hybridized carbons (Fsp3) is 0.294. The Labute approximate surface area is 141 Å². The van der Waals surface area contributed by atoms with Gasteiger partial charge < -0.3 is 16.4 Å². The van der Waals surface area contributed by atoms with Crippen LogP contribution in [0.15, 0.2) is 52.1 Å². The monoisotopic (exact) mass is 326 g/mol. The van der Waals surface area contributed by atoms with Gasteiger partial charge in [0.15, 0.2) is 0 Å². The predicted octanol–water partition coefficient (Wildman–Crippen LogP) is 1.92. The summed E-state index contributed by atoms with van der Waals surface area (Å²) in [6, 6.07) is 3.04. The first-order valence-electron chi connectivity index (χ1n) is 7.73. The molecule has 1 aromatic rings. The van der Waals surface area contributed by atoms with E-state index in [-0.39, 0.29) is 5.91 Å². The summed E-state index contributed by atoms with van der Waals surface area (Å²) in [5, 5.41) is 5.84. The Morgan fingerprint density at radius 1 is 1.42 bits per heavy atom. The lowest BCUT2D eigenvalue weighted by Gasteiger charge is -2.18. The molecule has 0 spiro atoms. The summed E-state index contributed by atoms with van der Waals surface area (Å²) in [5.74, 6) is 0.750. The van der Waals surface area contributed by atoms with Crippen molar-refractivity contribution >= 4 is 29.6 Å². The molecule has 1 atom stereocenters. The normalized spacial score (nSPS) is 16.1. The molecule has 0 fully saturated rings. The molecule has 0 saturated heterocycles. The molecule has 0 bridgehead atoms. The van der Waals surface area contributed by atoms with Gasteiger partial charge in [-0.3, -0.25) is 4.79 Å². The van der Waals surface area contributed by atoms with Crippen molar-refractivity contribution in [2.24, 2.45) is 15.7 Å². The van der Waals surface area contributed by atoms with Crippen molar-refractivity contribution < 1.29 is 4.79 Å². The van der Waals surface area contributed by atoms with Crippen LogP contribution in [0.2, 0.25) is 0 Å². The molecular formula is C17H22N6O. The Balaban J connectivity index is 2.00. The molecule has 0 saturated carbocycles. The van der Waals surface area contributed by atoms with Crippen LogP contribution in [-0.2, 0) is 4.79 Å². The highest BCUT2D eigenvalue weighted by Crippen LogP contribution is 2.16. The quantitative estimate of drug-likeness (QED) is 0.548. The molecule has 2 rings (SSSR count). The highest BCUT2D eigenvalue weighted by atomic mass is 16.2. The predicted molar refractivity (Wildman–Crippen MR) is 97.6 cm³/mol. The van der Waals surface area contributed by atoms with E-state index in [1.807, 2.05) is 6.08 Å². The van der Waals surface area contributed by atoms with E-state index >= 15 is 0 Å². The average molecular weight is 326 g/mol. The van der Waals surface area contributed by atoms with Crippen LogP contribution in [0.1, 0.15) is 19.8 Å². The SMILES string of the molecule is CNC(C(=O)Nc1ccc(N=CN=C(C)N)cn1)C1=CCCC=C1. The second-order valence-electron chi connectivity index (χ2n) is 5.31. The highest BCUT2D eigenvalue weighted by molar-refractivity contribution is 5.96. The number of hydrogen-bond donors (Lipinski definition) is 3. The van der Waals surface area contributed by atoms with Crippen LogP contribution < -0.4 is 16.4 Å². The topological polar surface area (TPSA) is 105 Å². The third kappa shape index (κ3) is 5.13. The highest BCUT2D eigenvalue weighted by Gasteiger charge is 2.20. The van der Waals surface area contributed by atoms with Crippen LogP contribution in [0.3, 0.4) is 0 Å². The van der Waals surface area contributed by atoms with E-state index in [0.717, 1.165) is 18.4 Å². The number of aromatic nitrogens is 1. The summed E-state index contributed by atoms with van der Waals surface area (Å²) in [6.07, 6.45) is 11.0. The van der Waals surface area contributed by atoms with Crippen LogP contribution in [0.4, 0.5) is 11.5 Å². The molecule has 7 nitrogen and oxygen atoms in total. The van der Waals surface area contributed by atoms with Crippen molar-refractivity contribution in [3.8, 4) is 0 Å². The van der Waals surface area contributed by atoms with Crippen molar-refractivity contribution in [3.05, 3.63) is 42.1 Å². The molecule has 7 heteroatoms. The Bertz CT molecular complexity index is 684. The van der Waals surface area contributed by atoms with Crippen LogP contribution in [-0.4, -0.2) is 36.2 Å². The van der Waals surface area contributed by atoms with Gasteiger partial charge in [-0.2, -0.15) is 0 Å². The fourth-order valence-electron chi connectivity index (χ4n) is 2.22. The standard InChI is InChI=1S/C17H22N6O/c1-12(18)21-11-22-14-8-9-15(20-10-14)23-17(24)16(19-2)13-6-4-3-5-7-13/h4,6-11,16,19H,3,5H2,1-2H3,(H2,18,21,22)(H,20,23,24). The lowest BCUT2D eigenvalue weighted by molar-refractivity contribution is -0.117. The number of aliphatic imine (C=N–C) groups is 2. The number of nitrogens with zero attached hydrogens (tertiary/aromatic N) is 3.